The Hall–Kier alpha value is -0.840. The van der Waals surface area contributed by atoms with Crippen LogP contribution in [-0.2, 0) is 6.42 Å². The highest BCUT2D eigenvalue weighted by atomic mass is 79.9. The van der Waals surface area contributed by atoms with Crippen molar-refractivity contribution >= 4 is 49.4 Å². The molecule has 0 aliphatic carbocycles. The Kier molecular flexibility index (Phi) is 5.85. The lowest BCUT2D eigenvalue weighted by Crippen LogP contribution is -2.34. The first-order valence-electron chi connectivity index (χ1n) is 6.46. The van der Waals surface area contributed by atoms with Gasteiger partial charge in [-0.1, -0.05) is 39.7 Å². The van der Waals surface area contributed by atoms with Gasteiger partial charge in [-0.25, -0.2) is 0 Å². The van der Waals surface area contributed by atoms with Crippen LogP contribution in [0.5, 0.6) is 0 Å². The molecule has 0 bridgehead atoms. The lowest BCUT2D eigenvalue weighted by molar-refractivity contribution is 0.0939. The molecule has 2 aromatic carbocycles. The molecule has 0 saturated carbocycles. The van der Waals surface area contributed by atoms with Gasteiger partial charge < -0.3 is 5.32 Å². The molecule has 2 nitrogen and oxygen atoms in total. The monoisotopic (exact) mass is 429 g/mol. The summed E-state index contributed by atoms with van der Waals surface area (Å²) in [5.41, 5.74) is 1.77. The van der Waals surface area contributed by atoms with Gasteiger partial charge in [0.2, 0.25) is 0 Å². The molecule has 2 aromatic rings. The van der Waals surface area contributed by atoms with Gasteiger partial charge >= 0.3 is 0 Å². The quantitative estimate of drug-likeness (QED) is 0.706. The van der Waals surface area contributed by atoms with Gasteiger partial charge in [0, 0.05) is 20.0 Å². The normalized spacial score (nSPS) is 12.0. The van der Waals surface area contributed by atoms with Crippen molar-refractivity contribution in [1.82, 2.24) is 5.32 Å². The van der Waals surface area contributed by atoms with Gasteiger partial charge in [0.1, 0.15) is 0 Å². The molecule has 0 radical (unpaired) electrons. The van der Waals surface area contributed by atoms with Crippen molar-refractivity contribution in [3.63, 3.8) is 0 Å². The maximum atomic E-state index is 12.2. The summed E-state index contributed by atoms with van der Waals surface area (Å²) < 4.78 is 1.75. The minimum atomic E-state index is -0.108. The molecule has 0 aromatic heterocycles. The smallest absolute Gasteiger partial charge is 0.252 e. The summed E-state index contributed by atoms with van der Waals surface area (Å²) in [6.07, 6.45) is 0.782. The number of amides is 1. The second kappa shape index (κ2) is 7.43. The highest BCUT2D eigenvalue weighted by Gasteiger charge is 2.13. The van der Waals surface area contributed by atoms with Gasteiger partial charge in [-0.3, -0.25) is 4.79 Å². The minimum absolute atomic E-state index is 0.0428. The van der Waals surface area contributed by atoms with E-state index in [0.29, 0.717) is 15.1 Å². The number of rotatable bonds is 4. The van der Waals surface area contributed by atoms with Gasteiger partial charge in [0.05, 0.1) is 5.56 Å². The highest BCUT2D eigenvalue weighted by Crippen LogP contribution is 2.21. The van der Waals surface area contributed by atoms with E-state index in [1.54, 1.807) is 18.2 Å². The topological polar surface area (TPSA) is 29.1 Å². The van der Waals surface area contributed by atoms with E-state index in [0.717, 1.165) is 10.9 Å². The van der Waals surface area contributed by atoms with E-state index in [1.807, 2.05) is 31.2 Å². The van der Waals surface area contributed by atoms with Crippen LogP contribution in [0.25, 0.3) is 0 Å². The Balaban J connectivity index is 2.00. The Labute approximate surface area is 146 Å². The summed E-state index contributed by atoms with van der Waals surface area (Å²) in [4.78, 5) is 12.2. The molecule has 2 rings (SSSR count). The maximum Gasteiger partial charge on any atom is 0.252 e. The van der Waals surface area contributed by atoms with Gasteiger partial charge in [-0.05, 0) is 65.2 Å². The zero-order valence-corrected chi connectivity index (χ0v) is 15.3. The van der Waals surface area contributed by atoms with Crippen molar-refractivity contribution in [1.29, 1.82) is 0 Å². The van der Waals surface area contributed by atoms with Gasteiger partial charge in [0.25, 0.3) is 5.91 Å². The van der Waals surface area contributed by atoms with Crippen molar-refractivity contribution < 1.29 is 4.79 Å². The summed E-state index contributed by atoms with van der Waals surface area (Å²) >= 11 is 12.7. The fourth-order valence-electron chi connectivity index (χ4n) is 2.00. The Morgan fingerprint density at radius 2 is 1.86 bits per heavy atom. The van der Waals surface area contributed by atoms with Crippen molar-refractivity contribution in [2.75, 3.05) is 0 Å². The lowest BCUT2D eigenvalue weighted by atomic mass is 10.1. The molecule has 1 unspecified atom stereocenters. The van der Waals surface area contributed by atoms with Gasteiger partial charge in [0.15, 0.2) is 0 Å². The molecule has 21 heavy (non-hydrogen) atoms. The minimum Gasteiger partial charge on any atom is -0.349 e. The largest absolute Gasteiger partial charge is 0.349 e. The van der Waals surface area contributed by atoms with Crippen LogP contribution in [0, 0.1) is 0 Å². The van der Waals surface area contributed by atoms with Crippen molar-refractivity contribution in [3.8, 4) is 0 Å². The number of halogens is 3. The maximum absolute atomic E-state index is 12.2. The first-order chi connectivity index (χ1) is 9.95. The number of nitrogens with one attached hydrogen (secondary N) is 1. The number of hydrogen-bond acceptors (Lipinski definition) is 1. The third-order valence-corrected chi connectivity index (χ3v) is 4.43. The summed E-state index contributed by atoms with van der Waals surface area (Å²) in [6, 6.07) is 13.3. The molecule has 0 heterocycles. The summed E-state index contributed by atoms with van der Waals surface area (Å²) in [6.45, 7) is 1.99. The Morgan fingerprint density at radius 1 is 1.19 bits per heavy atom. The van der Waals surface area contributed by atoms with Crippen molar-refractivity contribution in [2.24, 2.45) is 0 Å². The van der Waals surface area contributed by atoms with E-state index in [-0.39, 0.29) is 11.9 Å². The second-order valence-corrected chi connectivity index (χ2v) is 7.04. The Morgan fingerprint density at radius 3 is 2.48 bits per heavy atom. The van der Waals surface area contributed by atoms with E-state index in [2.05, 4.69) is 37.2 Å². The zero-order chi connectivity index (χ0) is 15.4. The average molecular weight is 432 g/mol. The van der Waals surface area contributed by atoms with E-state index in [9.17, 15) is 4.79 Å². The molecule has 0 saturated heterocycles. The molecule has 0 fully saturated rings. The molecule has 1 atom stereocenters. The third kappa shape index (κ3) is 4.83. The molecule has 1 amide bonds. The molecule has 0 aliphatic heterocycles. The fraction of sp³-hybridized carbons (Fsp3) is 0.188. The molecule has 5 heteroatoms. The van der Waals surface area contributed by atoms with Crippen molar-refractivity contribution in [3.05, 3.63) is 67.6 Å². The van der Waals surface area contributed by atoms with Crippen LogP contribution in [0.2, 0.25) is 5.02 Å². The number of hydrogen-bond donors (Lipinski definition) is 1. The van der Waals surface area contributed by atoms with Crippen LogP contribution in [0.15, 0.2) is 51.4 Å². The first-order valence-corrected chi connectivity index (χ1v) is 8.42. The van der Waals surface area contributed by atoms with E-state index in [4.69, 9.17) is 11.6 Å². The molecule has 1 N–H and O–H groups in total. The lowest BCUT2D eigenvalue weighted by Gasteiger charge is -2.15. The van der Waals surface area contributed by atoms with Crippen LogP contribution < -0.4 is 5.32 Å². The standard InChI is InChI=1S/C16H14Br2ClNO/c1-10(8-11-2-4-12(17)5-3-11)20-16(21)14-7-6-13(19)9-15(14)18/h2-7,9-10H,8H2,1H3,(H,20,21). The van der Waals surface area contributed by atoms with Crippen LogP contribution >= 0.6 is 43.5 Å². The van der Waals surface area contributed by atoms with E-state index >= 15 is 0 Å². The van der Waals surface area contributed by atoms with Gasteiger partial charge in [-0.2, -0.15) is 0 Å². The Bertz CT molecular complexity index is 643. The van der Waals surface area contributed by atoms with E-state index in [1.165, 1.54) is 5.56 Å². The predicted octanol–water partition coefficient (Wildman–Crippen LogP) is 5.23. The van der Waals surface area contributed by atoms with Crippen LogP contribution in [0.4, 0.5) is 0 Å². The van der Waals surface area contributed by atoms with Crippen LogP contribution in [0.1, 0.15) is 22.8 Å². The number of carbonyl (C=O) groups is 1. The molecular formula is C16H14Br2ClNO. The van der Waals surface area contributed by atoms with E-state index < -0.39 is 0 Å². The van der Waals surface area contributed by atoms with Gasteiger partial charge in [-0.15, -0.1) is 0 Å². The summed E-state index contributed by atoms with van der Waals surface area (Å²) in [5.74, 6) is -0.108. The molecule has 0 spiro atoms. The molecule has 110 valence electrons. The first kappa shape index (κ1) is 16.5. The SMILES string of the molecule is CC(Cc1ccc(Br)cc1)NC(=O)c1ccc(Cl)cc1Br. The molecular weight excluding hydrogens is 417 g/mol. The number of carbonyl (C=O) groups excluding carboxylic acids is 1. The van der Waals surface area contributed by atoms with Crippen LogP contribution in [-0.4, -0.2) is 11.9 Å². The van der Waals surface area contributed by atoms with Crippen LogP contribution in [0.3, 0.4) is 0 Å². The van der Waals surface area contributed by atoms with Crippen molar-refractivity contribution in [2.45, 2.75) is 19.4 Å². The molecule has 0 aliphatic rings. The fourth-order valence-corrected chi connectivity index (χ4v) is 3.13. The summed E-state index contributed by atoms with van der Waals surface area (Å²) in [5, 5.41) is 3.59. The zero-order valence-electron chi connectivity index (χ0n) is 11.4. The predicted molar refractivity (Wildman–Crippen MR) is 93.9 cm³/mol. The highest BCUT2D eigenvalue weighted by molar-refractivity contribution is 9.10. The number of benzene rings is 2. The average Bonchev–Trinajstić information content (AvgIpc) is 2.41. The second-order valence-electron chi connectivity index (χ2n) is 4.83. The third-order valence-electron chi connectivity index (χ3n) is 3.01. The summed E-state index contributed by atoms with van der Waals surface area (Å²) in [7, 11) is 0.